The Balaban J connectivity index is 1.33. The van der Waals surface area contributed by atoms with Crippen molar-refractivity contribution in [2.45, 2.75) is 0 Å². The predicted octanol–water partition coefficient (Wildman–Crippen LogP) is 3.27. The molecule has 6 heteroatoms. The fraction of sp³-hybridized carbons (Fsp3) is 0.368. The molecule has 2 fully saturated rings. The van der Waals surface area contributed by atoms with Crippen molar-refractivity contribution in [3.05, 3.63) is 42.6 Å². The largest absolute Gasteiger partial charge is 0.497 e. The average molecular weight is 352 g/mol. The third kappa shape index (κ3) is 2.61. The zero-order chi connectivity index (χ0) is 16.8. The van der Waals surface area contributed by atoms with Gasteiger partial charge in [-0.25, -0.2) is 9.97 Å². The van der Waals surface area contributed by atoms with Gasteiger partial charge in [0.15, 0.2) is 5.13 Å². The van der Waals surface area contributed by atoms with E-state index in [2.05, 4.69) is 33.0 Å². The number of hydrogen-bond donors (Lipinski definition) is 0. The molecule has 0 saturated carbocycles. The van der Waals surface area contributed by atoms with Gasteiger partial charge in [0.05, 0.1) is 17.3 Å². The molecule has 5 rings (SSSR count). The van der Waals surface area contributed by atoms with E-state index < -0.39 is 0 Å². The first-order valence-electron chi connectivity index (χ1n) is 8.65. The van der Waals surface area contributed by atoms with Gasteiger partial charge in [-0.2, -0.15) is 0 Å². The molecule has 0 amide bonds. The standard InChI is InChI=1S/C19H20N4OS/c1-24-15-5-6-17-16(8-15)21-19(25-17)23-11-13-9-22(10-14(13)12-23)18-4-2-3-7-20-18/h2-8,13-14H,9-12H2,1H3. The van der Waals surface area contributed by atoms with Gasteiger partial charge < -0.3 is 14.5 Å². The average Bonchev–Trinajstić information content (AvgIpc) is 3.33. The highest BCUT2D eigenvalue weighted by atomic mass is 32.1. The number of fused-ring (bicyclic) bond motifs is 2. The van der Waals surface area contributed by atoms with Crippen LogP contribution in [-0.4, -0.2) is 43.3 Å². The summed E-state index contributed by atoms with van der Waals surface area (Å²) >= 11 is 1.78. The molecule has 2 unspecified atom stereocenters. The number of methoxy groups -OCH3 is 1. The van der Waals surface area contributed by atoms with Crippen molar-refractivity contribution in [1.29, 1.82) is 0 Å². The van der Waals surface area contributed by atoms with Crippen LogP contribution in [0.2, 0.25) is 0 Å². The molecule has 0 radical (unpaired) electrons. The molecule has 5 nitrogen and oxygen atoms in total. The quantitative estimate of drug-likeness (QED) is 0.724. The molecule has 0 N–H and O–H groups in total. The van der Waals surface area contributed by atoms with Crippen molar-refractivity contribution in [1.82, 2.24) is 9.97 Å². The van der Waals surface area contributed by atoms with Crippen LogP contribution in [0.4, 0.5) is 10.9 Å². The molecule has 2 aliphatic heterocycles. The van der Waals surface area contributed by atoms with Crippen molar-refractivity contribution >= 4 is 32.5 Å². The lowest BCUT2D eigenvalue weighted by Crippen LogP contribution is -2.29. The van der Waals surface area contributed by atoms with E-state index in [1.165, 1.54) is 4.70 Å². The SMILES string of the molecule is COc1ccc2sc(N3CC4CN(c5ccccn5)CC4C3)nc2c1. The van der Waals surface area contributed by atoms with Gasteiger partial charge in [0.25, 0.3) is 0 Å². The highest BCUT2D eigenvalue weighted by Gasteiger charge is 2.41. The summed E-state index contributed by atoms with van der Waals surface area (Å²) < 4.78 is 6.54. The van der Waals surface area contributed by atoms with Crippen molar-refractivity contribution in [3.8, 4) is 5.75 Å². The van der Waals surface area contributed by atoms with E-state index in [9.17, 15) is 0 Å². The van der Waals surface area contributed by atoms with E-state index in [4.69, 9.17) is 9.72 Å². The molecule has 3 aromatic rings. The van der Waals surface area contributed by atoms with Crippen molar-refractivity contribution in [2.24, 2.45) is 11.8 Å². The van der Waals surface area contributed by atoms with Gasteiger partial charge in [-0.1, -0.05) is 17.4 Å². The zero-order valence-electron chi connectivity index (χ0n) is 14.1. The minimum Gasteiger partial charge on any atom is -0.497 e. The van der Waals surface area contributed by atoms with E-state index >= 15 is 0 Å². The monoisotopic (exact) mass is 352 g/mol. The number of benzene rings is 1. The Morgan fingerprint density at radius 2 is 1.84 bits per heavy atom. The van der Waals surface area contributed by atoms with Crippen LogP contribution in [0.25, 0.3) is 10.2 Å². The molecule has 2 atom stereocenters. The van der Waals surface area contributed by atoms with Crippen LogP contribution in [0.3, 0.4) is 0 Å². The number of rotatable bonds is 3. The van der Waals surface area contributed by atoms with E-state index in [1.807, 2.05) is 24.4 Å². The lowest BCUT2D eigenvalue weighted by Gasteiger charge is -2.21. The molecule has 128 valence electrons. The second-order valence-electron chi connectivity index (χ2n) is 6.85. The van der Waals surface area contributed by atoms with Crippen LogP contribution in [0.5, 0.6) is 5.75 Å². The highest BCUT2D eigenvalue weighted by molar-refractivity contribution is 7.22. The summed E-state index contributed by atoms with van der Waals surface area (Å²) in [5, 5.41) is 1.14. The van der Waals surface area contributed by atoms with E-state index in [0.717, 1.165) is 48.4 Å². The lowest BCUT2D eigenvalue weighted by molar-refractivity contribution is 0.415. The number of ether oxygens (including phenoxy) is 1. The Hall–Kier alpha value is -2.34. The summed E-state index contributed by atoms with van der Waals surface area (Å²) in [6.07, 6.45) is 1.88. The highest BCUT2D eigenvalue weighted by Crippen LogP contribution is 2.38. The molecular weight excluding hydrogens is 332 g/mol. The number of nitrogens with zero attached hydrogens (tertiary/aromatic N) is 4. The topological polar surface area (TPSA) is 41.5 Å². The summed E-state index contributed by atoms with van der Waals surface area (Å²) in [6, 6.07) is 12.3. The lowest BCUT2D eigenvalue weighted by atomic mass is 10.0. The molecule has 1 aromatic carbocycles. The maximum Gasteiger partial charge on any atom is 0.186 e. The number of pyridine rings is 1. The first-order valence-corrected chi connectivity index (χ1v) is 9.47. The first kappa shape index (κ1) is 15.0. The summed E-state index contributed by atoms with van der Waals surface area (Å²) in [5.41, 5.74) is 1.03. The van der Waals surface area contributed by atoms with Crippen LogP contribution in [0, 0.1) is 11.8 Å². The molecular formula is C19H20N4OS. The minimum atomic E-state index is 0.698. The summed E-state index contributed by atoms with van der Waals surface area (Å²) in [5.74, 6) is 3.37. The third-order valence-electron chi connectivity index (χ3n) is 5.31. The van der Waals surface area contributed by atoms with Crippen molar-refractivity contribution < 1.29 is 4.74 Å². The molecule has 2 aromatic heterocycles. The normalized spacial score (nSPS) is 22.6. The fourth-order valence-corrected chi connectivity index (χ4v) is 5.00. The Labute approximate surface area is 150 Å². The van der Waals surface area contributed by atoms with Gasteiger partial charge in [-0.3, -0.25) is 0 Å². The number of thiazole rings is 1. The van der Waals surface area contributed by atoms with E-state index in [1.54, 1.807) is 18.4 Å². The number of aromatic nitrogens is 2. The molecule has 0 spiro atoms. The van der Waals surface area contributed by atoms with Crippen LogP contribution >= 0.6 is 11.3 Å². The van der Waals surface area contributed by atoms with Gasteiger partial charge in [0, 0.05) is 50.3 Å². The van der Waals surface area contributed by atoms with Crippen molar-refractivity contribution in [2.75, 3.05) is 43.1 Å². The Morgan fingerprint density at radius 3 is 2.56 bits per heavy atom. The number of anilines is 2. The number of hydrogen-bond acceptors (Lipinski definition) is 6. The van der Waals surface area contributed by atoms with E-state index in [-0.39, 0.29) is 0 Å². The summed E-state index contributed by atoms with van der Waals surface area (Å²) in [6.45, 7) is 4.36. The first-order chi connectivity index (χ1) is 12.3. The zero-order valence-corrected chi connectivity index (χ0v) is 14.9. The Kier molecular flexibility index (Phi) is 3.52. The van der Waals surface area contributed by atoms with Gasteiger partial charge >= 0.3 is 0 Å². The molecule has 0 bridgehead atoms. The Bertz CT molecular complexity index is 883. The van der Waals surface area contributed by atoms with Crippen LogP contribution < -0.4 is 14.5 Å². The summed E-state index contributed by atoms with van der Waals surface area (Å²) in [4.78, 5) is 14.2. The molecule has 4 heterocycles. The second kappa shape index (κ2) is 5.88. The van der Waals surface area contributed by atoms with Crippen LogP contribution in [0.15, 0.2) is 42.6 Å². The third-order valence-corrected chi connectivity index (χ3v) is 6.41. The molecule has 2 aliphatic rings. The van der Waals surface area contributed by atoms with E-state index in [0.29, 0.717) is 11.8 Å². The molecule has 0 aliphatic carbocycles. The fourth-order valence-electron chi connectivity index (χ4n) is 4.03. The van der Waals surface area contributed by atoms with Crippen molar-refractivity contribution in [3.63, 3.8) is 0 Å². The summed E-state index contributed by atoms with van der Waals surface area (Å²) in [7, 11) is 1.70. The van der Waals surface area contributed by atoms with Crippen LogP contribution in [-0.2, 0) is 0 Å². The maximum atomic E-state index is 5.31. The van der Waals surface area contributed by atoms with Gasteiger partial charge in [-0.05, 0) is 24.3 Å². The second-order valence-corrected chi connectivity index (χ2v) is 7.86. The Morgan fingerprint density at radius 1 is 1.04 bits per heavy atom. The molecule has 25 heavy (non-hydrogen) atoms. The maximum absolute atomic E-state index is 5.31. The molecule has 2 saturated heterocycles. The van der Waals surface area contributed by atoms with Gasteiger partial charge in [-0.15, -0.1) is 0 Å². The minimum absolute atomic E-state index is 0.698. The van der Waals surface area contributed by atoms with Gasteiger partial charge in [0.1, 0.15) is 11.6 Å². The smallest absolute Gasteiger partial charge is 0.186 e. The van der Waals surface area contributed by atoms with Crippen LogP contribution in [0.1, 0.15) is 0 Å². The van der Waals surface area contributed by atoms with Gasteiger partial charge in [0.2, 0.25) is 0 Å². The predicted molar refractivity (Wildman–Crippen MR) is 102 cm³/mol.